The number of aromatic nitrogens is 3. The first-order chi connectivity index (χ1) is 17.1. The Hall–Kier alpha value is -4.78. The molecule has 1 amide bonds. The summed E-state index contributed by atoms with van der Waals surface area (Å²) in [7, 11) is 0. The van der Waals surface area contributed by atoms with E-state index in [2.05, 4.69) is 15.4 Å². The molecule has 172 valence electrons. The summed E-state index contributed by atoms with van der Waals surface area (Å²) in [6.45, 7) is 1.92. The van der Waals surface area contributed by atoms with Crippen molar-refractivity contribution in [3.05, 3.63) is 108 Å². The summed E-state index contributed by atoms with van der Waals surface area (Å²) in [6.07, 6.45) is 1.38. The minimum absolute atomic E-state index is 0.149. The zero-order valence-corrected chi connectivity index (χ0v) is 19.0. The number of esters is 1. The lowest BCUT2D eigenvalue weighted by Crippen LogP contribution is -2.18. The number of pyridine rings is 1. The maximum Gasteiger partial charge on any atom is 0.343 e. The van der Waals surface area contributed by atoms with Crippen LogP contribution < -0.4 is 5.32 Å². The molecule has 7 heteroatoms. The summed E-state index contributed by atoms with van der Waals surface area (Å²) >= 11 is 0. The number of para-hydroxylation sites is 1. The molecule has 2 aromatic heterocycles. The van der Waals surface area contributed by atoms with Crippen molar-refractivity contribution in [3.8, 4) is 16.9 Å². The first-order valence-electron chi connectivity index (χ1n) is 11.2. The van der Waals surface area contributed by atoms with Gasteiger partial charge in [0.15, 0.2) is 11.6 Å². The number of carbonyl (C=O) groups excluding carboxylic acids is 2. The number of ether oxygens (including phenoxy) is 1. The topological polar surface area (TPSA) is 86.1 Å². The van der Waals surface area contributed by atoms with Crippen molar-refractivity contribution in [2.24, 2.45) is 0 Å². The van der Waals surface area contributed by atoms with E-state index >= 15 is 0 Å². The maximum absolute atomic E-state index is 13.2. The average molecular weight is 463 g/mol. The Morgan fingerprint density at radius 3 is 2.34 bits per heavy atom. The second kappa shape index (κ2) is 9.61. The van der Waals surface area contributed by atoms with Crippen LogP contribution in [0.1, 0.15) is 27.6 Å². The Labute approximate surface area is 202 Å². The number of nitrogens with one attached hydrogen (secondary N) is 1. The molecular weight excluding hydrogens is 440 g/mol. The van der Waals surface area contributed by atoms with Crippen molar-refractivity contribution < 1.29 is 14.3 Å². The fourth-order valence-electron chi connectivity index (χ4n) is 3.80. The van der Waals surface area contributed by atoms with Crippen LogP contribution in [0.25, 0.3) is 27.8 Å². The summed E-state index contributed by atoms with van der Waals surface area (Å²) in [5.74, 6) is -0.288. The molecule has 0 saturated carbocycles. The van der Waals surface area contributed by atoms with Crippen LogP contribution >= 0.6 is 0 Å². The Kier molecular flexibility index (Phi) is 6.05. The molecule has 1 N–H and O–H groups in total. The highest BCUT2D eigenvalue weighted by Crippen LogP contribution is 2.24. The van der Waals surface area contributed by atoms with Gasteiger partial charge in [-0.15, -0.1) is 0 Å². The molecule has 0 spiro atoms. The zero-order valence-electron chi connectivity index (χ0n) is 19.0. The first-order valence-corrected chi connectivity index (χ1v) is 11.2. The van der Waals surface area contributed by atoms with Gasteiger partial charge in [-0.2, -0.15) is 9.78 Å². The molecule has 0 aliphatic carbocycles. The molecule has 2 heterocycles. The van der Waals surface area contributed by atoms with Crippen LogP contribution in [0.15, 0.2) is 97.2 Å². The lowest BCUT2D eigenvalue weighted by molar-refractivity contribution is 0.0527. The third-order valence-electron chi connectivity index (χ3n) is 5.55. The number of amides is 1. The minimum Gasteiger partial charge on any atom is -0.462 e. The van der Waals surface area contributed by atoms with Crippen molar-refractivity contribution >= 4 is 28.6 Å². The number of carbonyl (C=O) groups is 2. The summed E-state index contributed by atoms with van der Waals surface area (Å²) in [5, 5.41) is 8.15. The molecule has 0 fully saturated rings. The number of anilines is 1. The number of hydrogen-bond acceptors (Lipinski definition) is 5. The van der Waals surface area contributed by atoms with Gasteiger partial charge >= 0.3 is 5.97 Å². The molecule has 0 radical (unpaired) electrons. The Balaban J connectivity index is 1.49. The van der Waals surface area contributed by atoms with Crippen LogP contribution in [0, 0.1) is 0 Å². The number of fused-ring (bicyclic) bond motifs is 1. The van der Waals surface area contributed by atoms with Gasteiger partial charge in [-0.05, 0) is 48.4 Å². The summed E-state index contributed by atoms with van der Waals surface area (Å²) < 4.78 is 6.62. The highest BCUT2D eigenvalue weighted by atomic mass is 16.5. The fourth-order valence-corrected chi connectivity index (χ4v) is 3.80. The highest BCUT2D eigenvalue weighted by molar-refractivity contribution is 6.07. The Morgan fingerprint density at radius 1 is 0.857 bits per heavy atom. The fraction of sp³-hybridized carbons (Fsp3) is 0.0714. The second-order valence-electron chi connectivity index (χ2n) is 7.80. The van der Waals surface area contributed by atoms with Crippen LogP contribution in [0.2, 0.25) is 0 Å². The van der Waals surface area contributed by atoms with Gasteiger partial charge in [0.05, 0.1) is 18.3 Å². The van der Waals surface area contributed by atoms with E-state index in [1.165, 1.54) is 10.9 Å². The molecule has 35 heavy (non-hydrogen) atoms. The van der Waals surface area contributed by atoms with E-state index in [0.717, 1.165) is 22.0 Å². The van der Waals surface area contributed by atoms with Crippen molar-refractivity contribution in [2.75, 3.05) is 11.9 Å². The maximum atomic E-state index is 13.2. The number of rotatable bonds is 6. The van der Waals surface area contributed by atoms with Gasteiger partial charge in [0, 0.05) is 10.9 Å². The molecule has 3 aromatic carbocycles. The summed E-state index contributed by atoms with van der Waals surface area (Å²) in [6, 6.07) is 28.6. The smallest absolute Gasteiger partial charge is 0.343 e. The number of benzene rings is 3. The third kappa shape index (κ3) is 4.52. The zero-order chi connectivity index (χ0) is 24.2. The van der Waals surface area contributed by atoms with E-state index in [-0.39, 0.29) is 23.9 Å². The molecule has 0 unspecified atom stereocenters. The van der Waals surface area contributed by atoms with Gasteiger partial charge < -0.3 is 10.1 Å². The van der Waals surface area contributed by atoms with Crippen molar-refractivity contribution in [1.82, 2.24) is 14.8 Å². The number of hydrogen-bond donors (Lipinski definition) is 1. The predicted octanol–water partition coefficient (Wildman–Crippen LogP) is 5.52. The van der Waals surface area contributed by atoms with Gasteiger partial charge in [-0.1, -0.05) is 60.7 Å². The Morgan fingerprint density at radius 2 is 1.57 bits per heavy atom. The van der Waals surface area contributed by atoms with Crippen LogP contribution in [-0.4, -0.2) is 33.2 Å². The Bertz CT molecular complexity index is 1510. The van der Waals surface area contributed by atoms with E-state index in [9.17, 15) is 9.59 Å². The average Bonchev–Trinajstić information content (AvgIpc) is 3.32. The first kappa shape index (κ1) is 22.0. The molecular formula is C28H22N4O3. The largest absolute Gasteiger partial charge is 0.462 e. The van der Waals surface area contributed by atoms with Gasteiger partial charge in [-0.25, -0.2) is 9.78 Å². The van der Waals surface area contributed by atoms with E-state index in [1.54, 1.807) is 25.1 Å². The molecule has 7 nitrogen and oxygen atoms in total. The second-order valence-corrected chi connectivity index (χ2v) is 7.80. The van der Waals surface area contributed by atoms with Gasteiger partial charge in [0.2, 0.25) is 0 Å². The molecule has 0 bridgehead atoms. The lowest BCUT2D eigenvalue weighted by Gasteiger charge is -2.11. The summed E-state index contributed by atoms with van der Waals surface area (Å²) in [4.78, 5) is 30.4. The van der Waals surface area contributed by atoms with Crippen LogP contribution in [0.4, 0.5) is 5.82 Å². The standard InChI is InChI=1S/C28H22N4O3/c1-2-35-28(34)23-18-29-32(25-17-16-21-10-6-7-11-24(21)30-25)26(23)31-27(33)22-14-12-20(13-15-22)19-8-4-3-5-9-19/h3-18H,2H2,1H3,(H,31,33). The molecule has 5 aromatic rings. The normalized spacial score (nSPS) is 10.8. The van der Waals surface area contributed by atoms with E-state index < -0.39 is 5.97 Å². The number of nitrogens with zero attached hydrogens (tertiary/aromatic N) is 3. The molecule has 0 atom stereocenters. The minimum atomic E-state index is -0.575. The highest BCUT2D eigenvalue weighted by Gasteiger charge is 2.22. The van der Waals surface area contributed by atoms with Gasteiger partial charge in [0.1, 0.15) is 5.56 Å². The molecule has 0 saturated heterocycles. The van der Waals surface area contributed by atoms with Crippen molar-refractivity contribution in [2.45, 2.75) is 6.92 Å². The predicted molar refractivity (Wildman–Crippen MR) is 135 cm³/mol. The quantitative estimate of drug-likeness (QED) is 0.336. The molecule has 5 rings (SSSR count). The van der Waals surface area contributed by atoms with Crippen LogP contribution in [0.3, 0.4) is 0 Å². The van der Waals surface area contributed by atoms with Gasteiger partial charge in [0.25, 0.3) is 5.91 Å². The SMILES string of the molecule is CCOC(=O)c1cnn(-c2ccc3ccccc3n2)c1NC(=O)c1ccc(-c2ccccc2)cc1. The summed E-state index contributed by atoms with van der Waals surface area (Å²) in [5.41, 5.74) is 3.42. The third-order valence-corrected chi connectivity index (χ3v) is 5.55. The van der Waals surface area contributed by atoms with Crippen LogP contribution in [-0.2, 0) is 4.74 Å². The monoisotopic (exact) mass is 462 g/mol. The van der Waals surface area contributed by atoms with Crippen molar-refractivity contribution in [3.63, 3.8) is 0 Å². The van der Waals surface area contributed by atoms with E-state index in [1.807, 2.05) is 72.8 Å². The van der Waals surface area contributed by atoms with Crippen LogP contribution in [0.5, 0.6) is 0 Å². The van der Waals surface area contributed by atoms with Gasteiger partial charge in [-0.3, -0.25) is 4.79 Å². The molecule has 0 aliphatic rings. The van der Waals surface area contributed by atoms with E-state index in [0.29, 0.717) is 11.4 Å². The van der Waals surface area contributed by atoms with E-state index in [4.69, 9.17) is 4.74 Å². The van der Waals surface area contributed by atoms with Crippen molar-refractivity contribution in [1.29, 1.82) is 0 Å². The molecule has 0 aliphatic heterocycles. The lowest BCUT2D eigenvalue weighted by atomic mass is 10.0.